The van der Waals surface area contributed by atoms with Gasteiger partial charge in [0.05, 0.1) is 0 Å². The normalized spacial score (nSPS) is 16.5. The zero-order valence-corrected chi connectivity index (χ0v) is 7.48. The second kappa shape index (κ2) is 3.70. The molecule has 0 aliphatic carbocycles. The maximum atomic E-state index is 12.2. The third kappa shape index (κ3) is 1.88. The average molecular weight is 263 g/mol. The first-order valence-corrected chi connectivity index (χ1v) is 4.41. The van der Waals surface area contributed by atoms with Gasteiger partial charge < -0.3 is 4.55 Å². The minimum Gasteiger partial charge on any atom is -0.301 e. The van der Waals surface area contributed by atoms with Crippen molar-refractivity contribution < 1.29 is 39.3 Å². The van der Waals surface area contributed by atoms with Gasteiger partial charge in [0.15, 0.2) is 0 Å². The van der Waals surface area contributed by atoms with E-state index in [2.05, 4.69) is 0 Å². The lowest BCUT2D eigenvalue weighted by Crippen LogP contribution is -2.55. The topological polar surface area (TPSA) is 54.4 Å². The van der Waals surface area contributed by atoms with Gasteiger partial charge in [-0.2, -0.15) is 17.6 Å². The van der Waals surface area contributed by atoms with E-state index < -0.39 is 39.2 Å². The molecular weight excluding hydrogens is 262 g/mol. The Morgan fingerprint density at radius 2 is 1.43 bits per heavy atom. The Labute approximate surface area is 79.2 Å². The maximum absolute atomic E-state index is 12.2. The minimum atomic E-state index is -6.20. The summed E-state index contributed by atoms with van der Waals surface area (Å²) in [7, 11) is 0. The average Bonchev–Trinajstić information content (AvgIpc) is 2.03. The molecule has 0 saturated carbocycles. The van der Waals surface area contributed by atoms with Gasteiger partial charge in [-0.15, -0.1) is 8.78 Å². The van der Waals surface area contributed by atoms with Crippen LogP contribution in [0.4, 0.5) is 26.3 Å². The summed E-state index contributed by atoms with van der Waals surface area (Å²) in [5, 5.41) is -11.6. The first-order valence-electron chi connectivity index (χ1n) is 2.56. The molecule has 0 heterocycles. The molecule has 0 aromatic heterocycles. The molecule has 0 aliphatic heterocycles. The number of hydrogen-bond donors (Lipinski definition) is 1. The lowest BCUT2D eigenvalue weighted by atomic mass is 10.3. The molecule has 1 atom stereocenters. The number of hydrogen-bond acceptors (Lipinski definition) is 2. The first-order chi connectivity index (χ1) is 6.00. The van der Waals surface area contributed by atoms with Crippen molar-refractivity contribution >= 4 is 22.7 Å². The summed E-state index contributed by atoms with van der Waals surface area (Å²) in [6.07, 6.45) is 0. The molecule has 1 N–H and O–H groups in total. The van der Waals surface area contributed by atoms with Gasteiger partial charge in [0.2, 0.25) is 11.1 Å². The fourth-order valence-corrected chi connectivity index (χ4v) is 0.976. The van der Waals surface area contributed by atoms with E-state index in [0.717, 1.165) is 0 Å². The SMILES string of the molecule is O=[S+]C(F)(F)C(F)(F)C(F)(F)S(=O)O. The standard InChI is InChI=1S/C3F6O3S2/c4-1(5,2(6,7)13-10)3(8,9)14(11)12/p+1. The van der Waals surface area contributed by atoms with Crippen LogP contribution in [-0.4, -0.2) is 25.2 Å². The Balaban J connectivity index is 5.35. The number of halogens is 6. The summed E-state index contributed by atoms with van der Waals surface area (Å²) >= 11 is -6.59. The van der Waals surface area contributed by atoms with Crippen molar-refractivity contribution in [3.8, 4) is 0 Å². The van der Waals surface area contributed by atoms with Gasteiger partial charge in [-0.05, 0) is 0 Å². The number of alkyl halides is 6. The highest BCUT2D eigenvalue weighted by Gasteiger charge is 2.84. The molecule has 84 valence electrons. The molecule has 0 spiro atoms. The smallest absolute Gasteiger partial charge is 0.301 e. The molecule has 0 aromatic rings. The molecule has 0 bridgehead atoms. The van der Waals surface area contributed by atoms with E-state index in [9.17, 15) is 34.8 Å². The van der Waals surface area contributed by atoms with Gasteiger partial charge in [0.25, 0.3) is 0 Å². The minimum absolute atomic E-state index is 2.08. The molecule has 1 unspecified atom stereocenters. The van der Waals surface area contributed by atoms with E-state index in [1.54, 1.807) is 0 Å². The van der Waals surface area contributed by atoms with Crippen molar-refractivity contribution in [1.82, 2.24) is 0 Å². The third-order valence-electron chi connectivity index (χ3n) is 1.06. The Morgan fingerprint density at radius 1 is 1.07 bits per heavy atom. The van der Waals surface area contributed by atoms with E-state index in [0.29, 0.717) is 0 Å². The van der Waals surface area contributed by atoms with Gasteiger partial charge in [-0.25, -0.2) is 4.21 Å². The summed E-state index contributed by atoms with van der Waals surface area (Å²) in [5.74, 6) is -6.20. The Bertz CT molecular complexity index is 265. The van der Waals surface area contributed by atoms with Crippen LogP contribution in [-0.2, 0) is 27.0 Å². The molecule has 0 radical (unpaired) electrons. The molecule has 0 aliphatic rings. The Kier molecular flexibility index (Phi) is 3.62. The van der Waals surface area contributed by atoms with Crippen molar-refractivity contribution in [2.75, 3.05) is 0 Å². The van der Waals surface area contributed by atoms with Crippen LogP contribution < -0.4 is 0 Å². The van der Waals surface area contributed by atoms with E-state index in [-0.39, 0.29) is 0 Å². The first kappa shape index (κ1) is 13.7. The van der Waals surface area contributed by atoms with E-state index in [4.69, 9.17) is 4.55 Å². The van der Waals surface area contributed by atoms with Crippen LogP contribution >= 0.6 is 0 Å². The molecule has 0 fully saturated rings. The molecule has 0 aromatic carbocycles. The van der Waals surface area contributed by atoms with Crippen LogP contribution in [0.15, 0.2) is 0 Å². The van der Waals surface area contributed by atoms with Crippen LogP contribution in [0.2, 0.25) is 0 Å². The van der Waals surface area contributed by atoms with Crippen LogP contribution in [0.5, 0.6) is 0 Å². The lowest BCUT2D eigenvalue weighted by molar-refractivity contribution is -0.241. The number of rotatable bonds is 4. The molecule has 0 rings (SSSR count). The van der Waals surface area contributed by atoms with Gasteiger partial charge in [0, 0.05) is 4.21 Å². The van der Waals surface area contributed by atoms with Crippen LogP contribution in [0.25, 0.3) is 0 Å². The van der Waals surface area contributed by atoms with Crippen molar-refractivity contribution in [3.05, 3.63) is 0 Å². The molecular formula is C3HF6O3S2+. The highest BCUT2D eigenvalue weighted by Crippen LogP contribution is 2.46. The summed E-state index contributed by atoms with van der Waals surface area (Å²) in [4.78, 5) is 0. The molecule has 14 heavy (non-hydrogen) atoms. The summed E-state index contributed by atoms with van der Waals surface area (Å²) in [5.41, 5.74) is 0. The second-order valence-corrected chi connectivity index (χ2v) is 3.63. The van der Waals surface area contributed by atoms with Crippen molar-refractivity contribution in [3.63, 3.8) is 0 Å². The summed E-state index contributed by atoms with van der Waals surface area (Å²) < 4.78 is 99.2. The lowest BCUT2D eigenvalue weighted by Gasteiger charge is -2.20. The maximum Gasteiger partial charge on any atom is 0.601 e. The fraction of sp³-hybridized carbons (Fsp3) is 1.00. The second-order valence-electron chi connectivity index (χ2n) is 1.94. The Hall–Kier alpha value is -0.290. The van der Waals surface area contributed by atoms with E-state index in [1.165, 1.54) is 0 Å². The molecule has 3 nitrogen and oxygen atoms in total. The zero-order valence-electron chi connectivity index (χ0n) is 5.85. The highest BCUT2D eigenvalue weighted by atomic mass is 32.2. The summed E-state index contributed by atoms with van der Waals surface area (Å²) in [6, 6.07) is 0. The predicted molar refractivity (Wildman–Crippen MR) is 33.7 cm³/mol. The van der Waals surface area contributed by atoms with Crippen molar-refractivity contribution in [2.24, 2.45) is 0 Å². The predicted octanol–water partition coefficient (Wildman–Crippen LogP) is 1.46. The van der Waals surface area contributed by atoms with Gasteiger partial charge in [-0.1, -0.05) is 0 Å². The highest BCUT2D eigenvalue weighted by molar-refractivity contribution is 7.80. The monoisotopic (exact) mass is 263 g/mol. The van der Waals surface area contributed by atoms with Crippen molar-refractivity contribution in [1.29, 1.82) is 0 Å². The van der Waals surface area contributed by atoms with Crippen molar-refractivity contribution in [2.45, 2.75) is 16.4 Å². The van der Waals surface area contributed by atoms with E-state index in [1.807, 2.05) is 0 Å². The quantitative estimate of drug-likeness (QED) is 0.474. The molecule has 0 saturated heterocycles. The van der Waals surface area contributed by atoms with Gasteiger partial charge >= 0.3 is 28.1 Å². The van der Waals surface area contributed by atoms with Crippen LogP contribution in [0, 0.1) is 0 Å². The zero-order chi connectivity index (χ0) is 11.8. The Morgan fingerprint density at radius 3 is 1.64 bits per heavy atom. The van der Waals surface area contributed by atoms with E-state index >= 15 is 0 Å². The third-order valence-corrected chi connectivity index (χ3v) is 2.22. The molecule has 11 heteroatoms. The fourth-order valence-electron chi connectivity index (χ4n) is 0.331. The van der Waals surface area contributed by atoms with Crippen LogP contribution in [0.1, 0.15) is 0 Å². The van der Waals surface area contributed by atoms with Crippen LogP contribution in [0.3, 0.4) is 0 Å². The van der Waals surface area contributed by atoms with Gasteiger partial charge in [-0.3, -0.25) is 0 Å². The largest absolute Gasteiger partial charge is 0.601 e. The molecule has 0 amide bonds. The summed E-state index contributed by atoms with van der Waals surface area (Å²) in [6.45, 7) is 0. The van der Waals surface area contributed by atoms with Gasteiger partial charge in [0.1, 0.15) is 0 Å².